The number of fused-ring (bicyclic) bond motifs is 1. The molecular formula is C25H29F3N6O2. The van der Waals surface area contributed by atoms with Crippen LogP contribution in [-0.2, 0) is 10.2 Å². The van der Waals surface area contributed by atoms with E-state index in [1.165, 1.54) is 6.07 Å². The minimum Gasteiger partial charge on any atom is -0.373 e. The summed E-state index contributed by atoms with van der Waals surface area (Å²) in [5, 5.41) is 3.45. The number of anilines is 1. The van der Waals surface area contributed by atoms with Gasteiger partial charge in [-0.15, -0.1) is 0 Å². The van der Waals surface area contributed by atoms with Crippen molar-refractivity contribution >= 4 is 17.2 Å². The third-order valence-corrected chi connectivity index (χ3v) is 8.63. The van der Waals surface area contributed by atoms with Gasteiger partial charge in [0, 0.05) is 35.9 Å². The summed E-state index contributed by atoms with van der Waals surface area (Å²) >= 11 is 0. The molecule has 5 aliphatic rings. The third kappa shape index (κ3) is 3.31. The summed E-state index contributed by atoms with van der Waals surface area (Å²) in [5.41, 5.74) is -0.105. The molecule has 11 heteroatoms. The fourth-order valence-electron chi connectivity index (χ4n) is 6.23. The van der Waals surface area contributed by atoms with Crippen LogP contribution in [-0.4, -0.2) is 38.7 Å². The van der Waals surface area contributed by atoms with Gasteiger partial charge in [-0.2, -0.15) is 13.2 Å². The Morgan fingerprint density at radius 2 is 1.92 bits per heavy atom. The van der Waals surface area contributed by atoms with Crippen molar-refractivity contribution in [3.05, 3.63) is 45.8 Å². The number of aromatic nitrogens is 3. The van der Waals surface area contributed by atoms with Gasteiger partial charge in [0.1, 0.15) is 11.5 Å². The summed E-state index contributed by atoms with van der Waals surface area (Å²) in [6.07, 6.45) is -1.51. The molecule has 2 aliphatic heterocycles. The highest BCUT2D eigenvalue weighted by Gasteiger charge is 2.79. The standard InChI is InChI=1S/C25H29F3N6O2/c1-13-22(2,3)33-21-18(30-13)19(23-10-24(11-23,12-23)25(26,27)28)31-20(32-21)14-6-7-36-16(8-14)15-4-5-17(35)34(29)9-15/h4-5,9,14,16H,6-8,10-12,29H2,1-3H3,(H,31,32,33)/t14-,16+,23?,24?/m0/s1. The Morgan fingerprint density at radius 3 is 2.58 bits per heavy atom. The zero-order valence-electron chi connectivity index (χ0n) is 20.4. The molecule has 2 bridgehead atoms. The molecule has 3 aliphatic carbocycles. The first-order valence-electron chi connectivity index (χ1n) is 12.2. The van der Waals surface area contributed by atoms with Crippen LogP contribution < -0.4 is 16.7 Å². The van der Waals surface area contributed by atoms with Crippen molar-refractivity contribution in [1.29, 1.82) is 0 Å². The predicted molar refractivity (Wildman–Crippen MR) is 128 cm³/mol. The number of nitrogens with zero attached hydrogens (tertiary/aromatic N) is 4. The van der Waals surface area contributed by atoms with Gasteiger partial charge in [-0.05, 0) is 64.5 Å². The molecule has 0 aromatic carbocycles. The van der Waals surface area contributed by atoms with Gasteiger partial charge in [0.15, 0.2) is 5.82 Å². The molecule has 0 amide bonds. The number of alkyl halides is 3. The molecule has 1 saturated heterocycles. The topological polar surface area (TPSA) is 107 Å². The quantitative estimate of drug-likeness (QED) is 0.607. The van der Waals surface area contributed by atoms with Crippen molar-refractivity contribution in [3.63, 3.8) is 0 Å². The summed E-state index contributed by atoms with van der Waals surface area (Å²) in [4.78, 5) is 26.3. The lowest BCUT2D eigenvalue weighted by Crippen LogP contribution is -2.70. The first-order chi connectivity index (χ1) is 16.8. The summed E-state index contributed by atoms with van der Waals surface area (Å²) in [7, 11) is 0. The molecule has 2 atom stereocenters. The smallest absolute Gasteiger partial charge is 0.373 e. The van der Waals surface area contributed by atoms with E-state index in [0.717, 1.165) is 16.0 Å². The number of hydrogen-bond donors (Lipinski definition) is 2. The van der Waals surface area contributed by atoms with E-state index >= 15 is 0 Å². The Kier molecular flexibility index (Phi) is 4.76. The average Bonchev–Trinajstić information content (AvgIpc) is 2.73. The van der Waals surface area contributed by atoms with Gasteiger partial charge in [-0.1, -0.05) is 0 Å². The molecule has 2 aromatic heterocycles. The van der Waals surface area contributed by atoms with Gasteiger partial charge >= 0.3 is 6.18 Å². The maximum absolute atomic E-state index is 13.6. The summed E-state index contributed by atoms with van der Waals surface area (Å²) in [6.45, 7) is 6.38. The highest BCUT2D eigenvalue weighted by Crippen LogP contribution is 2.79. The van der Waals surface area contributed by atoms with E-state index in [4.69, 9.17) is 25.5 Å². The average molecular weight is 503 g/mol. The number of aliphatic imine (C=N–C) groups is 1. The molecule has 2 aromatic rings. The van der Waals surface area contributed by atoms with E-state index in [2.05, 4.69) is 5.32 Å². The third-order valence-electron chi connectivity index (χ3n) is 8.63. The van der Waals surface area contributed by atoms with Crippen molar-refractivity contribution in [3.8, 4) is 0 Å². The van der Waals surface area contributed by atoms with Crippen molar-refractivity contribution < 1.29 is 17.9 Å². The number of rotatable bonds is 3. The monoisotopic (exact) mass is 502 g/mol. The van der Waals surface area contributed by atoms with Crippen LogP contribution in [0.4, 0.5) is 24.7 Å². The van der Waals surface area contributed by atoms with E-state index < -0.39 is 22.5 Å². The Labute approximate surface area is 206 Å². The van der Waals surface area contributed by atoms with Crippen molar-refractivity contribution in [2.24, 2.45) is 10.4 Å². The van der Waals surface area contributed by atoms with Gasteiger partial charge < -0.3 is 15.9 Å². The molecule has 4 fully saturated rings. The van der Waals surface area contributed by atoms with Crippen LogP contribution in [0.1, 0.15) is 82.0 Å². The normalized spacial score (nSPS) is 32.4. The minimum absolute atomic E-state index is 0.0544. The lowest BCUT2D eigenvalue weighted by atomic mass is 9.33. The van der Waals surface area contributed by atoms with Crippen molar-refractivity contribution in [2.45, 2.75) is 82.0 Å². The van der Waals surface area contributed by atoms with Crippen LogP contribution in [0.15, 0.2) is 28.1 Å². The Balaban J connectivity index is 1.37. The van der Waals surface area contributed by atoms with Crippen LogP contribution in [0.3, 0.4) is 0 Å². The highest BCUT2D eigenvalue weighted by atomic mass is 19.4. The number of nitrogens with one attached hydrogen (secondary N) is 1. The van der Waals surface area contributed by atoms with E-state index in [9.17, 15) is 18.0 Å². The number of ether oxygens (including phenoxy) is 1. The van der Waals surface area contributed by atoms with Crippen molar-refractivity contribution in [2.75, 3.05) is 17.8 Å². The fourth-order valence-corrected chi connectivity index (χ4v) is 6.23. The summed E-state index contributed by atoms with van der Waals surface area (Å²) in [6, 6.07) is 3.11. The van der Waals surface area contributed by atoms with Gasteiger partial charge in [-0.25, -0.2) is 19.6 Å². The molecule has 0 unspecified atom stereocenters. The first kappa shape index (κ1) is 23.4. The van der Waals surface area contributed by atoms with Gasteiger partial charge in [0.25, 0.3) is 5.56 Å². The Morgan fingerprint density at radius 1 is 1.19 bits per heavy atom. The molecule has 0 radical (unpaired) electrons. The SMILES string of the molecule is CC1=Nc2c(nc([C@H]3CCO[C@@H](c4ccc(=O)n(N)c4)C3)nc2C23CC(C(F)(F)F)(C2)C3)NC1(C)C. The number of pyridine rings is 1. The van der Waals surface area contributed by atoms with Crippen LogP contribution in [0.5, 0.6) is 0 Å². The Hall–Kier alpha value is -2.95. The first-order valence-corrected chi connectivity index (χ1v) is 12.2. The van der Waals surface area contributed by atoms with Crippen LogP contribution in [0.25, 0.3) is 0 Å². The van der Waals surface area contributed by atoms with Crippen molar-refractivity contribution in [1.82, 2.24) is 14.6 Å². The maximum Gasteiger partial charge on any atom is 0.394 e. The lowest BCUT2D eigenvalue weighted by Gasteiger charge is -2.70. The van der Waals surface area contributed by atoms with Crippen LogP contribution in [0.2, 0.25) is 0 Å². The maximum atomic E-state index is 13.6. The molecule has 3 saturated carbocycles. The molecule has 3 N–H and O–H groups in total. The highest BCUT2D eigenvalue weighted by molar-refractivity contribution is 5.99. The van der Waals surface area contributed by atoms with Gasteiger partial charge in [-0.3, -0.25) is 4.79 Å². The molecule has 0 spiro atoms. The second kappa shape index (κ2) is 7.30. The largest absolute Gasteiger partial charge is 0.394 e. The zero-order chi connectivity index (χ0) is 25.7. The summed E-state index contributed by atoms with van der Waals surface area (Å²) < 4.78 is 47.9. The second-order valence-corrected chi connectivity index (χ2v) is 11.5. The van der Waals surface area contributed by atoms with Gasteiger partial charge in [0.2, 0.25) is 0 Å². The number of hydrogen-bond acceptors (Lipinski definition) is 7. The molecule has 4 heterocycles. The fraction of sp³-hybridized carbons (Fsp3) is 0.600. The zero-order valence-corrected chi connectivity index (χ0v) is 20.4. The van der Waals surface area contributed by atoms with E-state index in [1.54, 1.807) is 12.3 Å². The molecule has 7 rings (SSSR count). The molecule has 36 heavy (non-hydrogen) atoms. The minimum atomic E-state index is -4.20. The molecular weight excluding hydrogens is 473 g/mol. The lowest BCUT2D eigenvalue weighted by molar-refractivity contribution is -0.337. The number of nitrogens with two attached hydrogens (primary N) is 1. The Bertz CT molecular complexity index is 1330. The van der Waals surface area contributed by atoms with Crippen LogP contribution >= 0.6 is 0 Å². The van der Waals surface area contributed by atoms with Gasteiger partial charge in [0.05, 0.1) is 22.8 Å². The number of halogens is 3. The van der Waals surface area contributed by atoms with E-state index in [0.29, 0.717) is 42.5 Å². The number of nitrogen functional groups attached to an aromatic ring is 1. The van der Waals surface area contributed by atoms with E-state index in [1.807, 2.05) is 20.8 Å². The second-order valence-electron chi connectivity index (χ2n) is 11.5. The summed E-state index contributed by atoms with van der Waals surface area (Å²) in [5.74, 6) is 6.86. The van der Waals surface area contributed by atoms with E-state index in [-0.39, 0.29) is 36.8 Å². The van der Waals surface area contributed by atoms with Crippen LogP contribution in [0, 0.1) is 5.41 Å². The molecule has 192 valence electrons. The molecule has 8 nitrogen and oxygen atoms in total. The predicted octanol–water partition coefficient (Wildman–Crippen LogP) is 4.27.